The van der Waals surface area contributed by atoms with Crippen molar-refractivity contribution in [2.75, 3.05) is 13.1 Å². The molecule has 3 heterocycles. The van der Waals surface area contributed by atoms with Gasteiger partial charge in [-0.1, -0.05) is 6.92 Å². The third-order valence-corrected chi connectivity index (χ3v) is 4.44. The summed E-state index contributed by atoms with van der Waals surface area (Å²) in [5.41, 5.74) is 2.23. The maximum Gasteiger partial charge on any atom is 0.159 e. The van der Waals surface area contributed by atoms with Gasteiger partial charge in [0.25, 0.3) is 0 Å². The van der Waals surface area contributed by atoms with E-state index in [1.54, 1.807) is 0 Å². The smallest absolute Gasteiger partial charge is 0.159 e. The number of nitrogens with zero attached hydrogens (tertiary/aromatic N) is 3. The van der Waals surface area contributed by atoms with Crippen LogP contribution in [0, 0.1) is 0 Å². The van der Waals surface area contributed by atoms with Gasteiger partial charge >= 0.3 is 0 Å². The summed E-state index contributed by atoms with van der Waals surface area (Å²) in [6.07, 6.45) is 5.44. The number of pyridine rings is 1. The average molecular weight is 258 g/mol. The molecule has 2 aromatic heterocycles. The fourth-order valence-electron chi connectivity index (χ4n) is 3.28. The lowest BCUT2D eigenvalue weighted by molar-refractivity contribution is 0.280. The number of aromatic nitrogens is 3. The Labute approximate surface area is 114 Å². The second kappa shape index (κ2) is 4.93. The third kappa shape index (κ3) is 1.94. The maximum atomic E-state index is 4.91. The Morgan fingerprint density at radius 3 is 3.00 bits per heavy atom. The molecule has 0 bridgehead atoms. The van der Waals surface area contributed by atoms with Crippen molar-refractivity contribution >= 4 is 11.2 Å². The molecule has 4 heteroatoms. The molecule has 0 radical (unpaired) electrons. The molecule has 0 spiro atoms. The van der Waals surface area contributed by atoms with E-state index in [-0.39, 0.29) is 5.41 Å². The van der Waals surface area contributed by atoms with Crippen LogP contribution in [0.25, 0.3) is 11.2 Å². The van der Waals surface area contributed by atoms with Crippen LogP contribution in [0.15, 0.2) is 18.3 Å². The number of nitrogens with one attached hydrogen (secondary N) is 1. The van der Waals surface area contributed by atoms with Crippen molar-refractivity contribution in [2.24, 2.45) is 0 Å². The van der Waals surface area contributed by atoms with Gasteiger partial charge in [-0.15, -0.1) is 0 Å². The van der Waals surface area contributed by atoms with Crippen LogP contribution >= 0.6 is 0 Å². The molecular formula is C15H22N4. The fraction of sp³-hybridized carbons (Fsp3) is 0.600. The highest BCUT2D eigenvalue weighted by Gasteiger charge is 2.36. The van der Waals surface area contributed by atoms with Crippen molar-refractivity contribution in [3.05, 3.63) is 24.2 Å². The van der Waals surface area contributed by atoms with Gasteiger partial charge < -0.3 is 9.88 Å². The largest absolute Gasteiger partial charge is 0.316 e. The Bertz CT molecular complexity index is 567. The number of imidazole rings is 1. The van der Waals surface area contributed by atoms with Crippen molar-refractivity contribution in [3.8, 4) is 0 Å². The second-order valence-electron chi connectivity index (χ2n) is 5.44. The summed E-state index contributed by atoms with van der Waals surface area (Å²) < 4.78 is 2.30. The van der Waals surface area contributed by atoms with Gasteiger partial charge in [-0.25, -0.2) is 9.97 Å². The summed E-state index contributed by atoms with van der Waals surface area (Å²) in [4.78, 5) is 9.42. The van der Waals surface area contributed by atoms with Crippen molar-refractivity contribution < 1.29 is 0 Å². The van der Waals surface area contributed by atoms with E-state index in [2.05, 4.69) is 34.8 Å². The third-order valence-electron chi connectivity index (χ3n) is 4.44. The summed E-state index contributed by atoms with van der Waals surface area (Å²) in [5.74, 6) is 1.22. The summed E-state index contributed by atoms with van der Waals surface area (Å²) in [6.45, 7) is 7.56. The number of rotatable bonds is 3. The molecule has 0 amide bonds. The summed E-state index contributed by atoms with van der Waals surface area (Å²) in [6, 6.07) is 4.04. The van der Waals surface area contributed by atoms with Crippen LogP contribution < -0.4 is 5.32 Å². The molecule has 1 fully saturated rings. The molecule has 1 aliphatic heterocycles. The highest BCUT2D eigenvalue weighted by atomic mass is 15.1. The van der Waals surface area contributed by atoms with E-state index in [1.807, 2.05) is 12.3 Å². The van der Waals surface area contributed by atoms with Crippen LogP contribution in [-0.2, 0) is 12.0 Å². The van der Waals surface area contributed by atoms with Crippen LogP contribution in [0.2, 0.25) is 0 Å². The normalized spacial score (nSPS) is 23.9. The molecular weight excluding hydrogens is 236 g/mol. The summed E-state index contributed by atoms with van der Waals surface area (Å²) in [5, 5.41) is 3.55. The fourth-order valence-corrected chi connectivity index (χ4v) is 3.28. The number of aryl methyl sites for hydroxylation is 1. The first kappa shape index (κ1) is 12.6. The van der Waals surface area contributed by atoms with Gasteiger partial charge in [-0.3, -0.25) is 0 Å². The SMILES string of the molecule is CCn1c(C2(CC)CCCNC2)nc2cccnc21. The number of hydrogen-bond acceptors (Lipinski definition) is 3. The zero-order valence-electron chi connectivity index (χ0n) is 11.8. The Balaban J connectivity index is 2.17. The van der Waals surface area contributed by atoms with E-state index >= 15 is 0 Å². The molecule has 1 N–H and O–H groups in total. The zero-order valence-corrected chi connectivity index (χ0v) is 11.8. The predicted molar refractivity (Wildman–Crippen MR) is 77.3 cm³/mol. The second-order valence-corrected chi connectivity index (χ2v) is 5.44. The molecule has 0 aliphatic carbocycles. The minimum absolute atomic E-state index is 0.176. The molecule has 0 aromatic carbocycles. The van der Waals surface area contributed by atoms with Crippen LogP contribution in [0.3, 0.4) is 0 Å². The van der Waals surface area contributed by atoms with Gasteiger partial charge in [0.2, 0.25) is 0 Å². The first-order valence-corrected chi connectivity index (χ1v) is 7.33. The number of fused-ring (bicyclic) bond motifs is 1. The van der Waals surface area contributed by atoms with Crippen molar-refractivity contribution in [2.45, 2.75) is 45.1 Å². The van der Waals surface area contributed by atoms with Crippen molar-refractivity contribution in [1.29, 1.82) is 0 Å². The molecule has 1 unspecified atom stereocenters. The maximum absolute atomic E-state index is 4.91. The van der Waals surface area contributed by atoms with Crippen LogP contribution in [0.1, 0.15) is 38.9 Å². The number of hydrogen-bond donors (Lipinski definition) is 1. The van der Waals surface area contributed by atoms with E-state index in [0.29, 0.717) is 0 Å². The van der Waals surface area contributed by atoms with Gasteiger partial charge in [-0.2, -0.15) is 0 Å². The minimum atomic E-state index is 0.176. The molecule has 2 aromatic rings. The van der Waals surface area contributed by atoms with E-state index in [0.717, 1.165) is 37.2 Å². The topological polar surface area (TPSA) is 42.7 Å². The van der Waals surface area contributed by atoms with Crippen LogP contribution in [0.5, 0.6) is 0 Å². The minimum Gasteiger partial charge on any atom is -0.316 e. The monoisotopic (exact) mass is 258 g/mol. The Morgan fingerprint density at radius 1 is 1.42 bits per heavy atom. The summed E-state index contributed by atoms with van der Waals surface area (Å²) in [7, 11) is 0. The lowest BCUT2D eigenvalue weighted by atomic mass is 9.77. The van der Waals surface area contributed by atoms with Crippen molar-refractivity contribution in [3.63, 3.8) is 0 Å². The molecule has 4 nitrogen and oxygen atoms in total. The lowest BCUT2D eigenvalue weighted by Gasteiger charge is -2.36. The Hall–Kier alpha value is -1.42. The molecule has 0 saturated carbocycles. The first-order chi connectivity index (χ1) is 9.30. The van der Waals surface area contributed by atoms with Gasteiger partial charge in [0.15, 0.2) is 5.65 Å². The quantitative estimate of drug-likeness (QED) is 0.919. The van der Waals surface area contributed by atoms with Gasteiger partial charge in [0, 0.05) is 24.7 Å². The highest BCUT2D eigenvalue weighted by Crippen LogP contribution is 2.35. The van der Waals surface area contributed by atoms with Gasteiger partial charge in [0.1, 0.15) is 11.3 Å². The zero-order chi connectivity index (χ0) is 13.3. The summed E-state index contributed by atoms with van der Waals surface area (Å²) >= 11 is 0. The van der Waals surface area contributed by atoms with E-state index in [9.17, 15) is 0 Å². The Morgan fingerprint density at radius 2 is 2.32 bits per heavy atom. The van der Waals surface area contributed by atoms with E-state index < -0.39 is 0 Å². The van der Waals surface area contributed by atoms with Crippen LogP contribution in [0.4, 0.5) is 0 Å². The lowest BCUT2D eigenvalue weighted by Crippen LogP contribution is -2.44. The standard InChI is InChI=1S/C15H22N4/c1-3-15(8-6-9-16-11-15)14-18-12-7-5-10-17-13(12)19(14)4-2/h5,7,10,16H,3-4,6,8-9,11H2,1-2H3. The highest BCUT2D eigenvalue weighted by molar-refractivity contribution is 5.71. The first-order valence-electron chi connectivity index (χ1n) is 7.33. The average Bonchev–Trinajstić information content (AvgIpc) is 2.87. The molecule has 1 saturated heterocycles. The van der Waals surface area contributed by atoms with Crippen molar-refractivity contribution in [1.82, 2.24) is 19.9 Å². The molecule has 19 heavy (non-hydrogen) atoms. The van der Waals surface area contributed by atoms with E-state index in [1.165, 1.54) is 18.7 Å². The Kier molecular flexibility index (Phi) is 3.27. The molecule has 1 aliphatic rings. The van der Waals surface area contributed by atoms with Crippen LogP contribution in [-0.4, -0.2) is 27.6 Å². The van der Waals surface area contributed by atoms with Gasteiger partial charge in [0.05, 0.1) is 0 Å². The van der Waals surface area contributed by atoms with E-state index in [4.69, 9.17) is 4.98 Å². The number of piperidine rings is 1. The van der Waals surface area contributed by atoms with Gasteiger partial charge in [-0.05, 0) is 44.9 Å². The predicted octanol–water partition coefficient (Wildman–Crippen LogP) is 2.48. The molecule has 102 valence electrons. The molecule has 3 rings (SSSR count). The molecule has 1 atom stereocenters.